The highest BCUT2D eigenvalue weighted by Gasteiger charge is 2.24. The molecular formula is C12H9N3O2S. The van der Waals surface area contributed by atoms with Crippen molar-refractivity contribution in [3.63, 3.8) is 0 Å². The van der Waals surface area contributed by atoms with E-state index >= 15 is 0 Å². The highest BCUT2D eigenvalue weighted by Crippen LogP contribution is 2.33. The molecule has 1 aliphatic heterocycles. The second-order valence-electron chi connectivity index (χ2n) is 3.79. The Kier molecular flexibility index (Phi) is 2.56. The number of aliphatic carboxylic acids is 1. The molecule has 1 N–H and O–H groups in total. The van der Waals surface area contributed by atoms with E-state index in [0.717, 1.165) is 16.5 Å². The molecule has 0 radical (unpaired) electrons. The number of carbonyl (C=O) groups is 1. The highest BCUT2D eigenvalue weighted by molar-refractivity contribution is 7.13. The Morgan fingerprint density at radius 1 is 1.39 bits per heavy atom. The number of anilines is 2. The number of aromatic nitrogens is 2. The molecule has 18 heavy (non-hydrogen) atoms. The van der Waals surface area contributed by atoms with Crippen LogP contribution < -0.4 is 4.90 Å². The predicted octanol–water partition coefficient (Wildman–Crippen LogP) is 2.16. The van der Waals surface area contributed by atoms with Gasteiger partial charge in [-0.15, -0.1) is 11.3 Å². The lowest BCUT2D eigenvalue weighted by atomic mass is 10.1. The molecule has 2 aromatic heterocycles. The third-order valence-electron chi connectivity index (χ3n) is 2.66. The summed E-state index contributed by atoms with van der Waals surface area (Å²) in [7, 11) is 0. The first kappa shape index (κ1) is 10.9. The summed E-state index contributed by atoms with van der Waals surface area (Å²) < 4.78 is 0. The van der Waals surface area contributed by atoms with Crippen molar-refractivity contribution in [2.45, 2.75) is 0 Å². The maximum Gasteiger partial charge on any atom is 0.333 e. The van der Waals surface area contributed by atoms with Gasteiger partial charge in [-0.2, -0.15) is 0 Å². The lowest BCUT2D eigenvalue weighted by molar-refractivity contribution is -0.132. The van der Waals surface area contributed by atoms with E-state index in [1.807, 2.05) is 16.3 Å². The number of fused-ring (bicyclic) bond motifs is 1. The van der Waals surface area contributed by atoms with Crippen molar-refractivity contribution in [1.29, 1.82) is 0 Å². The smallest absolute Gasteiger partial charge is 0.333 e. The van der Waals surface area contributed by atoms with Gasteiger partial charge in [0.05, 0.1) is 12.1 Å². The molecule has 0 saturated heterocycles. The maximum absolute atomic E-state index is 11.1. The minimum absolute atomic E-state index is 0.285. The summed E-state index contributed by atoms with van der Waals surface area (Å²) in [6, 6.07) is 3.64. The van der Waals surface area contributed by atoms with Gasteiger partial charge in [0.1, 0.15) is 5.82 Å². The maximum atomic E-state index is 11.1. The van der Waals surface area contributed by atoms with Crippen molar-refractivity contribution >= 4 is 34.3 Å². The Hall–Kier alpha value is -2.21. The number of hydrogen-bond donors (Lipinski definition) is 1. The van der Waals surface area contributed by atoms with Crippen molar-refractivity contribution in [3.8, 4) is 0 Å². The number of carboxylic acid groups (broad SMARTS) is 1. The number of nitrogens with zero attached hydrogens (tertiary/aromatic N) is 3. The summed E-state index contributed by atoms with van der Waals surface area (Å²) >= 11 is 1.46. The van der Waals surface area contributed by atoms with Gasteiger partial charge < -0.3 is 5.11 Å². The first-order valence-electron chi connectivity index (χ1n) is 5.31. The van der Waals surface area contributed by atoms with E-state index in [-0.39, 0.29) is 6.54 Å². The van der Waals surface area contributed by atoms with Crippen molar-refractivity contribution in [2.75, 3.05) is 11.4 Å². The van der Waals surface area contributed by atoms with E-state index in [1.165, 1.54) is 11.3 Å². The minimum Gasteiger partial charge on any atom is -0.478 e. The van der Waals surface area contributed by atoms with Crippen LogP contribution in [-0.2, 0) is 4.79 Å². The third-order valence-corrected chi connectivity index (χ3v) is 3.45. The molecule has 0 saturated carbocycles. The second kappa shape index (κ2) is 4.23. The normalized spacial score (nSPS) is 14.0. The van der Waals surface area contributed by atoms with Crippen LogP contribution in [0, 0.1) is 0 Å². The lowest BCUT2D eigenvalue weighted by Gasteiger charge is -2.26. The quantitative estimate of drug-likeness (QED) is 0.895. The van der Waals surface area contributed by atoms with Crippen LogP contribution in [0.25, 0.3) is 6.08 Å². The lowest BCUT2D eigenvalue weighted by Crippen LogP contribution is -2.27. The molecule has 2 aromatic rings. The Bertz CT molecular complexity index is 622. The van der Waals surface area contributed by atoms with E-state index < -0.39 is 5.97 Å². The third kappa shape index (κ3) is 1.76. The van der Waals surface area contributed by atoms with Crippen LogP contribution in [0.3, 0.4) is 0 Å². The van der Waals surface area contributed by atoms with E-state index in [2.05, 4.69) is 9.97 Å². The molecule has 0 spiro atoms. The molecule has 6 heteroatoms. The molecule has 0 unspecified atom stereocenters. The number of thiazole rings is 1. The number of rotatable bonds is 2. The summed E-state index contributed by atoms with van der Waals surface area (Å²) in [5.41, 5.74) is 1.14. The summed E-state index contributed by atoms with van der Waals surface area (Å²) in [5, 5.41) is 11.8. The minimum atomic E-state index is -0.911. The van der Waals surface area contributed by atoms with Crippen molar-refractivity contribution in [2.24, 2.45) is 0 Å². The van der Waals surface area contributed by atoms with Crippen LogP contribution >= 0.6 is 11.3 Å². The molecule has 0 atom stereocenters. The first-order chi connectivity index (χ1) is 8.75. The van der Waals surface area contributed by atoms with Gasteiger partial charge in [0.15, 0.2) is 5.13 Å². The van der Waals surface area contributed by atoms with Crippen LogP contribution in [0.1, 0.15) is 5.56 Å². The Labute approximate surface area is 107 Å². The zero-order valence-corrected chi connectivity index (χ0v) is 10.1. The number of hydrogen-bond acceptors (Lipinski definition) is 5. The van der Waals surface area contributed by atoms with Gasteiger partial charge in [-0.05, 0) is 18.2 Å². The molecular weight excluding hydrogens is 250 g/mol. The zero-order valence-electron chi connectivity index (χ0n) is 9.28. The molecule has 1 aliphatic rings. The van der Waals surface area contributed by atoms with E-state index in [0.29, 0.717) is 5.57 Å². The van der Waals surface area contributed by atoms with Gasteiger partial charge in [-0.3, -0.25) is 4.90 Å². The summed E-state index contributed by atoms with van der Waals surface area (Å²) in [6.07, 6.45) is 5.05. The molecule has 0 aromatic carbocycles. The molecule has 0 aliphatic carbocycles. The molecule has 0 fully saturated rings. The fourth-order valence-electron chi connectivity index (χ4n) is 1.86. The van der Waals surface area contributed by atoms with Crippen molar-refractivity contribution in [3.05, 3.63) is 41.0 Å². The van der Waals surface area contributed by atoms with Crippen LogP contribution in [0.2, 0.25) is 0 Å². The molecule has 3 rings (SSSR count). The Balaban J connectivity index is 2.12. The standard InChI is InChI=1S/C12H9N3O2S/c16-11(17)9-6-8-2-1-3-13-10(8)15(7-9)12-14-4-5-18-12/h1-6H,7H2,(H,16,17). The topological polar surface area (TPSA) is 66.3 Å². The van der Waals surface area contributed by atoms with Crippen molar-refractivity contribution in [1.82, 2.24) is 9.97 Å². The SMILES string of the molecule is O=C(O)C1=Cc2cccnc2N(c2nccs2)C1. The largest absolute Gasteiger partial charge is 0.478 e. The van der Waals surface area contributed by atoms with Gasteiger partial charge in [-0.25, -0.2) is 14.8 Å². The van der Waals surface area contributed by atoms with Crippen LogP contribution in [0.4, 0.5) is 10.9 Å². The van der Waals surface area contributed by atoms with E-state index in [1.54, 1.807) is 24.5 Å². The van der Waals surface area contributed by atoms with Gasteiger partial charge in [0.2, 0.25) is 0 Å². The Morgan fingerprint density at radius 3 is 3.00 bits per heavy atom. The fraction of sp³-hybridized carbons (Fsp3) is 0.0833. The monoisotopic (exact) mass is 259 g/mol. The highest BCUT2D eigenvalue weighted by atomic mass is 32.1. The average Bonchev–Trinajstić information content (AvgIpc) is 2.91. The molecule has 0 amide bonds. The first-order valence-corrected chi connectivity index (χ1v) is 6.19. The zero-order chi connectivity index (χ0) is 12.5. The van der Waals surface area contributed by atoms with Crippen LogP contribution in [0.5, 0.6) is 0 Å². The van der Waals surface area contributed by atoms with E-state index in [4.69, 9.17) is 5.11 Å². The summed E-state index contributed by atoms with van der Waals surface area (Å²) in [6.45, 7) is 0.285. The predicted molar refractivity (Wildman–Crippen MR) is 69.0 cm³/mol. The molecule has 5 nitrogen and oxygen atoms in total. The second-order valence-corrected chi connectivity index (χ2v) is 4.66. The number of pyridine rings is 1. The summed E-state index contributed by atoms with van der Waals surface area (Å²) in [5.74, 6) is -0.163. The van der Waals surface area contributed by atoms with Crippen LogP contribution in [-0.4, -0.2) is 27.6 Å². The van der Waals surface area contributed by atoms with Gasteiger partial charge in [-0.1, -0.05) is 0 Å². The van der Waals surface area contributed by atoms with Crippen molar-refractivity contribution < 1.29 is 9.90 Å². The molecule has 90 valence electrons. The Morgan fingerprint density at radius 2 is 2.28 bits per heavy atom. The average molecular weight is 259 g/mol. The van der Waals surface area contributed by atoms with E-state index in [9.17, 15) is 4.79 Å². The van der Waals surface area contributed by atoms with Gasteiger partial charge in [0, 0.05) is 23.3 Å². The van der Waals surface area contributed by atoms with Crippen LogP contribution in [0.15, 0.2) is 35.5 Å². The molecule has 0 bridgehead atoms. The fourth-order valence-corrected chi connectivity index (χ4v) is 2.51. The molecule has 3 heterocycles. The van der Waals surface area contributed by atoms with Gasteiger partial charge >= 0.3 is 5.97 Å². The van der Waals surface area contributed by atoms with Gasteiger partial charge in [0.25, 0.3) is 0 Å². The number of carboxylic acids is 1. The summed E-state index contributed by atoms with van der Waals surface area (Å²) in [4.78, 5) is 21.5.